The van der Waals surface area contributed by atoms with E-state index in [4.69, 9.17) is 4.74 Å². The lowest BCUT2D eigenvalue weighted by atomic mass is 9.88. The van der Waals surface area contributed by atoms with Crippen LogP contribution in [0.1, 0.15) is 31.7 Å². The number of rotatable bonds is 5. The number of sulfonamides is 1. The van der Waals surface area contributed by atoms with Crippen molar-refractivity contribution in [3.8, 4) is 0 Å². The highest BCUT2D eigenvalue weighted by Gasteiger charge is 2.31. The van der Waals surface area contributed by atoms with E-state index in [1.165, 1.54) is 10.8 Å². The largest absolute Gasteiger partial charge is 0.380 e. The highest BCUT2D eigenvalue weighted by Crippen LogP contribution is 2.28. The van der Waals surface area contributed by atoms with Crippen LogP contribution in [0.2, 0.25) is 19.6 Å². The molecule has 1 aromatic carbocycles. The number of hydrogen-bond acceptors (Lipinski definition) is 3. The van der Waals surface area contributed by atoms with Gasteiger partial charge in [-0.3, -0.25) is 0 Å². The van der Waals surface area contributed by atoms with E-state index in [1.807, 2.05) is 0 Å². The van der Waals surface area contributed by atoms with Gasteiger partial charge in [0.05, 0.1) is 26.0 Å². The maximum absolute atomic E-state index is 12.2. The molecule has 2 rings (SSSR count). The van der Waals surface area contributed by atoms with Crippen molar-refractivity contribution in [3.63, 3.8) is 0 Å². The van der Waals surface area contributed by atoms with Crippen molar-refractivity contribution >= 4 is 23.3 Å². The minimum Gasteiger partial charge on any atom is -0.380 e. The van der Waals surface area contributed by atoms with Crippen LogP contribution in [0, 0.1) is 0 Å². The molecule has 0 bridgehead atoms. The molecule has 1 saturated heterocycles. The summed E-state index contributed by atoms with van der Waals surface area (Å²) in [5, 5.41) is 0.993. The fraction of sp³-hybridized carbons (Fsp3) is 0.647. The molecule has 6 heteroatoms. The smallest absolute Gasteiger partial charge is 0.214 e. The molecule has 130 valence electrons. The molecule has 4 nitrogen and oxygen atoms in total. The van der Waals surface area contributed by atoms with Crippen molar-refractivity contribution < 1.29 is 13.2 Å². The number of hydrogen-bond donors (Lipinski definition) is 1. The van der Waals surface area contributed by atoms with Gasteiger partial charge in [0.25, 0.3) is 0 Å². The van der Waals surface area contributed by atoms with Crippen molar-refractivity contribution in [1.29, 1.82) is 0 Å². The Morgan fingerprint density at radius 1 is 1.17 bits per heavy atom. The van der Waals surface area contributed by atoms with Crippen LogP contribution in [0.15, 0.2) is 24.3 Å². The van der Waals surface area contributed by atoms with Crippen LogP contribution in [0.4, 0.5) is 0 Å². The summed E-state index contributed by atoms with van der Waals surface area (Å²) >= 11 is 0. The fourth-order valence-electron chi connectivity index (χ4n) is 2.83. The first kappa shape index (κ1) is 18.6. The Bertz CT molecular complexity index is 620. The van der Waals surface area contributed by atoms with Gasteiger partial charge in [-0.2, -0.15) is 0 Å². The number of ether oxygens (including phenoxy) is 1. The lowest BCUT2D eigenvalue weighted by molar-refractivity contribution is 0.0644. The molecule has 2 unspecified atom stereocenters. The Balaban J connectivity index is 2.21. The minimum atomic E-state index is -3.29. The molecule has 1 aliphatic heterocycles. The van der Waals surface area contributed by atoms with E-state index in [0.717, 1.165) is 6.42 Å². The Kier molecular flexibility index (Phi) is 5.71. The van der Waals surface area contributed by atoms with Gasteiger partial charge in [-0.1, -0.05) is 49.1 Å². The summed E-state index contributed by atoms with van der Waals surface area (Å²) in [6, 6.07) is 8.57. The quantitative estimate of drug-likeness (QED) is 0.826. The SMILES string of the molecule is CC(C)S(=O)(=O)NC1COCCC1c1ccc([Si](C)(C)C)cc1. The summed E-state index contributed by atoms with van der Waals surface area (Å²) < 4.78 is 32.8. The summed E-state index contributed by atoms with van der Waals surface area (Å²) in [5.41, 5.74) is 1.20. The molecule has 0 saturated carbocycles. The van der Waals surface area contributed by atoms with Gasteiger partial charge >= 0.3 is 0 Å². The maximum atomic E-state index is 12.2. The second-order valence-electron chi connectivity index (χ2n) is 7.66. The van der Waals surface area contributed by atoms with Crippen LogP contribution >= 0.6 is 0 Å². The van der Waals surface area contributed by atoms with Crippen LogP contribution in [-0.4, -0.2) is 41.0 Å². The normalized spacial score (nSPS) is 23.2. The standard InChI is InChI=1S/C17H29NO3SSi/c1-13(2)22(19,20)18-17-12-21-11-10-16(17)14-6-8-15(9-7-14)23(3,4)5/h6-9,13,16-18H,10-12H2,1-5H3. The Morgan fingerprint density at radius 2 is 1.78 bits per heavy atom. The molecule has 1 heterocycles. The van der Waals surface area contributed by atoms with E-state index in [-0.39, 0.29) is 12.0 Å². The lowest BCUT2D eigenvalue weighted by Crippen LogP contribution is -2.47. The van der Waals surface area contributed by atoms with E-state index in [0.29, 0.717) is 13.2 Å². The highest BCUT2D eigenvalue weighted by atomic mass is 32.2. The summed E-state index contributed by atoms with van der Waals surface area (Å²) in [7, 11) is -4.61. The third kappa shape index (κ3) is 4.65. The molecular formula is C17H29NO3SSi. The molecule has 2 atom stereocenters. The van der Waals surface area contributed by atoms with Gasteiger partial charge < -0.3 is 4.74 Å². The number of nitrogens with one attached hydrogen (secondary N) is 1. The van der Waals surface area contributed by atoms with Gasteiger partial charge in [-0.05, 0) is 25.8 Å². The van der Waals surface area contributed by atoms with Crippen molar-refractivity contribution in [2.24, 2.45) is 0 Å². The second kappa shape index (κ2) is 7.05. The summed E-state index contributed by atoms with van der Waals surface area (Å²) in [5.74, 6) is 0.174. The zero-order valence-corrected chi connectivity index (χ0v) is 16.6. The van der Waals surface area contributed by atoms with Gasteiger partial charge in [0.15, 0.2) is 0 Å². The van der Waals surface area contributed by atoms with Gasteiger partial charge in [0.2, 0.25) is 10.0 Å². The second-order valence-corrected chi connectivity index (χ2v) is 15.0. The molecule has 0 amide bonds. The van der Waals surface area contributed by atoms with E-state index in [1.54, 1.807) is 13.8 Å². The van der Waals surface area contributed by atoms with Crippen LogP contribution in [-0.2, 0) is 14.8 Å². The van der Waals surface area contributed by atoms with Gasteiger partial charge in [-0.15, -0.1) is 0 Å². The first-order chi connectivity index (χ1) is 10.6. The molecule has 0 radical (unpaired) electrons. The Hall–Kier alpha value is -0.693. The third-order valence-electron chi connectivity index (χ3n) is 4.50. The van der Waals surface area contributed by atoms with Crippen LogP contribution in [0.5, 0.6) is 0 Å². The first-order valence-corrected chi connectivity index (χ1v) is 13.4. The summed E-state index contributed by atoms with van der Waals surface area (Å²) in [6.07, 6.45) is 0.845. The zero-order chi connectivity index (χ0) is 17.3. The molecular weight excluding hydrogens is 326 g/mol. The summed E-state index contributed by atoms with van der Waals surface area (Å²) in [6.45, 7) is 11.5. The van der Waals surface area contributed by atoms with Crippen molar-refractivity contribution in [2.75, 3.05) is 13.2 Å². The molecule has 1 fully saturated rings. The van der Waals surface area contributed by atoms with Gasteiger partial charge in [0.1, 0.15) is 0 Å². The minimum absolute atomic E-state index is 0.174. The predicted octanol–water partition coefficient (Wildman–Crippen LogP) is 2.43. The zero-order valence-electron chi connectivity index (χ0n) is 14.8. The van der Waals surface area contributed by atoms with Crippen LogP contribution in [0.3, 0.4) is 0 Å². The van der Waals surface area contributed by atoms with Crippen LogP contribution < -0.4 is 9.91 Å². The van der Waals surface area contributed by atoms with E-state index in [9.17, 15) is 8.42 Å². The van der Waals surface area contributed by atoms with Crippen molar-refractivity contribution in [2.45, 2.75) is 57.1 Å². The van der Waals surface area contributed by atoms with Crippen molar-refractivity contribution in [1.82, 2.24) is 4.72 Å². The molecule has 0 spiro atoms. The van der Waals surface area contributed by atoms with Gasteiger partial charge in [-0.25, -0.2) is 13.1 Å². The van der Waals surface area contributed by atoms with E-state index < -0.39 is 23.3 Å². The Labute approximate surface area is 141 Å². The predicted molar refractivity (Wildman–Crippen MR) is 98.6 cm³/mol. The number of benzene rings is 1. The molecule has 0 aliphatic carbocycles. The average Bonchev–Trinajstić information content (AvgIpc) is 2.46. The van der Waals surface area contributed by atoms with E-state index >= 15 is 0 Å². The average molecular weight is 356 g/mol. The molecule has 1 aromatic rings. The molecule has 0 aromatic heterocycles. The monoisotopic (exact) mass is 355 g/mol. The topological polar surface area (TPSA) is 55.4 Å². The third-order valence-corrected chi connectivity index (χ3v) is 8.44. The molecule has 1 N–H and O–H groups in total. The van der Waals surface area contributed by atoms with Crippen LogP contribution in [0.25, 0.3) is 0 Å². The lowest BCUT2D eigenvalue weighted by Gasteiger charge is -2.33. The Morgan fingerprint density at radius 3 is 2.30 bits per heavy atom. The van der Waals surface area contributed by atoms with E-state index in [2.05, 4.69) is 48.6 Å². The highest BCUT2D eigenvalue weighted by molar-refractivity contribution is 7.90. The molecule has 1 aliphatic rings. The fourth-order valence-corrected chi connectivity index (χ4v) is 4.92. The first-order valence-electron chi connectivity index (χ1n) is 8.30. The van der Waals surface area contributed by atoms with Gasteiger partial charge in [0, 0.05) is 12.5 Å². The molecule has 23 heavy (non-hydrogen) atoms. The maximum Gasteiger partial charge on any atom is 0.214 e. The van der Waals surface area contributed by atoms with Crippen molar-refractivity contribution in [3.05, 3.63) is 29.8 Å². The summed E-state index contributed by atoms with van der Waals surface area (Å²) in [4.78, 5) is 0.